The number of rotatable bonds is 33. The average Bonchev–Trinajstić information content (AvgIpc) is 3.01. The van der Waals surface area contributed by atoms with Gasteiger partial charge in [-0.15, -0.1) is 0 Å². The molecule has 0 aromatic rings. The Kier molecular flexibility index (Phi) is 34.0. The van der Waals surface area contributed by atoms with Crippen LogP contribution in [0.25, 0.3) is 0 Å². The number of aliphatic hydroxyl groups excluding tert-OH is 2. The van der Waals surface area contributed by atoms with Gasteiger partial charge in [0.15, 0.2) is 0 Å². The molecule has 0 heterocycles. The number of hydrogen-bond acceptors (Lipinski definition) is 3. The van der Waals surface area contributed by atoms with Gasteiger partial charge in [-0.25, -0.2) is 0 Å². The summed E-state index contributed by atoms with van der Waals surface area (Å²) in [5.41, 5.74) is 0. The number of aliphatic hydroxyl groups is 2. The fourth-order valence-corrected chi connectivity index (χ4v) is 5.45. The fourth-order valence-electron chi connectivity index (χ4n) is 5.45. The zero-order valence-corrected chi connectivity index (χ0v) is 28.7. The normalized spacial score (nSPS) is 13.5. The zero-order chi connectivity index (χ0) is 31.5. The van der Waals surface area contributed by atoms with Crippen molar-refractivity contribution in [2.45, 2.75) is 199 Å². The summed E-state index contributed by atoms with van der Waals surface area (Å²) in [5, 5.41) is 22.9. The molecule has 4 heteroatoms. The summed E-state index contributed by atoms with van der Waals surface area (Å²) in [6.45, 7) is 4.23. The minimum absolute atomic E-state index is 0.0802. The van der Waals surface area contributed by atoms with Crippen LogP contribution in [0.3, 0.4) is 0 Å². The molecular formula is C39H73NO3. The first-order chi connectivity index (χ1) is 21.2. The van der Waals surface area contributed by atoms with E-state index >= 15 is 0 Å². The number of carbonyl (C=O) groups excluding carboxylic acids is 1. The van der Waals surface area contributed by atoms with Gasteiger partial charge in [0.25, 0.3) is 0 Å². The van der Waals surface area contributed by atoms with Gasteiger partial charge in [-0.1, -0.05) is 172 Å². The van der Waals surface area contributed by atoms with Crippen LogP contribution in [0.1, 0.15) is 187 Å². The van der Waals surface area contributed by atoms with Crippen molar-refractivity contribution in [2.24, 2.45) is 0 Å². The summed E-state index contributed by atoms with van der Waals surface area (Å²) in [6, 6.07) is -0.627. The molecule has 3 N–H and O–H groups in total. The number of unbranched alkanes of at least 4 members (excludes halogenated alkanes) is 22. The highest BCUT2D eigenvalue weighted by Gasteiger charge is 2.17. The van der Waals surface area contributed by atoms with E-state index in [0.717, 1.165) is 44.9 Å². The Balaban J connectivity index is 3.63. The Bertz CT molecular complexity index is 657. The van der Waals surface area contributed by atoms with E-state index in [9.17, 15) is 15.0 Å². The van der Waals surface area contributed by atoms with E-state index in [1.807, 2.05) is 6.08 Å². The number of allylic oxidation sites excluding steroid dienone is 5. The van der Waals surface area contributed by atoms with Crippen molar-refractivity contribution in [1.29, 1.82) is 0 Å². The third-order valence-electron chi connectivity index (χ3n) is 8.35. The number of nitrogens with one attached hydrogen (secondary N) is 1. The maximum absolute atomic E-state index is 12.3. The molecule has 0 fully saturated rings. The molecule has 0 aromatic heterocycles. The lowest BCUT2D eigenvalue weighted by Crippen LogP contribution is -2.45. The standard InChI is InChI=1S/C39H73NO3/c1-3-5-7-9-11-13-15-17-18-19-20-21-23-24-26-28-30-32-34-38(42)37(36-41)40-39(43)35-33-31-29-27-25-22-16-14-12-10-8-6-4-2/h8,10,14,16,32,34,37-38,41-42H,3-7,9,11-13,15,17-31,33,35-36H2,1-2H3,(H,40,43)/b10-8-,16-14-,34-32+. The van der Waals surface area contributed by atoms with Gasteiger partial charge in [0.2, 0.25) is 5.91 Å². The molecule has 2 unspecified atom stereocenters. The first-order valence-electron chi connectivity index (χ1n) is 18.7. The summed E-state index contributed by atoms with van der Waals surface area (Å²) in [6.07, 6.45) is 45.1. The number of hydrogen-bond donors (Lipinski definition) is 3. The van der Waals surface area contributed by atoms with Gasteiger partial charge in [-0.3, -0.25) is 4.79 Å². The molecule has 0 aromatic carbocycles. The van der Waals surface area contributed by atoms with E-state index in [4.69, 9.17) is 0 Å². The highest BCUT2D eigenvalue weighted by atomic mass is 16.3. The summed E-state index contributed by atoms with van der Waals surface area (Å²) < 4.78 is 0. The van der Waals surface area contributed by atoms with Crippen molar-refractivity contribution in [2.75, 3.05) is 6.61 Å². The largest absolute Gasteiger partial charge is 0.394 e. The highest BCUT2D eigenvalue weighted by molar-refractivity contribution is 5.76. The van der Waals surface area contributed by atoms with Crippen molar-refractivity contribution in [3.63, 3.8) is 0 Å². The predicted molar refractivity (Wildman–Crippen MR) is 188 cm³/mol. The Hall–Kier alpha value is -1.39. The maximum atomic E-state index is 12.3. The molecule has 0 bridgehead atoms. The van der Waals surface area contributed by atoms with Crippen LogP contribution in [0.5, 0.6) is 0 Å². The minimum atomic E-state index is -0.842. The predicted octanol–water partition coefficient (Wildman–Crippen LogP) is 11.1. The molecule has 1 amide bonds. The van der Waals surface area contributed by atoms with Crippen molar-refractivity contribution >= 4 is 5.91 Å². The molecule has 2 atom stereocenters. The van der Waals surface area contributed by atoms with Crippen LogP contribution in [0.15, 0.2) is 36.5 Å². The van der Waals surface area contributed by atoms with E-state index in [2.05, 4.69) is 43.5 Å². The molecule has 4 nitrogen and oxygen atoms in total. The molecule has 0 spiro atoms. The van der Waals surface area contributed by atoms with Crippen LogP contribution < -0.4 is 5.32 Å². The number of carbonyl (C=O) groups is 1. The van der Waals surface area contributed by atoms with E-state index in [1.165, 1.54) is 122 Å². The van der Waals surface area contributed by atoms with Gasteiger partial charge >= 0.3 is 0 Å². The average molecular weight is 604 g/mol. The smallest absolute Gasteiger partial charge is 0.220 e. The van der Waals surface area contributed by atoms with Gasteiger partial charge in [-0.05, 0) is 44.9 Å². The van der Waals surface area contributed by atoms with E-state index < -0.39 is 12.1 Å². The zero-order valence-electron chi connectivity index (χ0n) is 28.7. The summed E-state index contributed by atoms with van der Waals surface area (Å²) in [5.74, 6) is -0.0802. The van der Waals surface area contributed by atoms with Gasteiger partial charge < -0.3 is 15.5 Å². The SMILES string of the molecule is CCC/C=C\C/C=C\CCCCCCCC(=O)NC(CO)C(O)/C=C/CCCCCCCCCCCCCCCCCC. The Morgan fingerprint density at radius 2 is 1.00 bits per heavy atom. The van der Waals surface area contributed by atoms with Crippen LogP contribution >= 0.6 is 0 Å². The van der Waals surface area contributed by atoms with Crippen molar-refractivity contribution in [3.05, 3.63) is 36.5 Å². The molecular weight excluding hydrogens is 530 g/mol. The second-order valence-electron chi connectivity index (χ2n) is 12.6. The lowest BCUT2D eigenvalue weighted by atomic mass is 10.0. The fraction of sp³-hybridized carbons (Fsp3) is 0.821. The molecule has 252 valence electrons. The van der Waals surface area contributed by atoms with E-state index in [-0.39, 0.29) is 12.5 Å². The highest BCUT2D eigenvalue weighted by Crippen LogP contribution is 2.14. The van der Waals surface area contributed by atoms with E-state index in [1.54, 1.807) is 6.08 Å². The molecule has 0 radical (unpaired) electrons. The second kappa shape index (κ2) is 35.1. The summed E-state index contributed by atoms with van der Waals surface area (Å²) in [7, 11) is 0. The maximum Gasteiger partial charge on any atom is 0.220 e. The van der Waals surface area contributed by atoms with Crippen LogP contribution in [-0.2, 0) is 4.79 Å². The van der Waals surface area contributed by atoms with Crippen molar-refractivity contribution in [3.8, 4) is 0 Å². The topological polar surface area (TPSA) is 69.6 Å². The van der Waals surface area contributed by atoms with Gasteiger partial charge in [0, 0.05) is 6.42 Å². The van der Waals surface area contributed by atoms with Gasteiger partial charge in [-0.2, -0.15) is 0 Å². The van der Waals surface area contributed by atoms with Crippen LogP contribution in [-0.4, -0.2) is 34.9 Å². The third kappa shape index (κ3) is 31.8. The first kappa shape index (κ1) is 41.6. The summed E-state index contributed by atoms with van der Waals surface area (Å²) >= 11 is 0. The number of amides is 1. The quantitative estimate of drug-likeness (QED) is 0.0516. The summed E-state index contributed by atoms with van der Waals surface area (Å²) in [4.78, 5) is 12.3. The molecule has 43 heavy (non-hydrogen) atoms. The Morgan fingerprint density at radius 1 is 0.558 bits per heavy atom. The minimum Gasteiger partial charge on any atom is -0.394 e. The second-order valence-corrected chi connectivity index (χ2v) is 12.6. The lowest BCUT2D eigenvalue weighted by Gasteiger charge is -2.20. The molecule has 0 rings (SSSR count). The Morgan fingerprint density at radius 3 is 1.49 bits per heavy atom. The van der Waals surface area contributed by atoms with Crippen LogP contribution in [0.4, 0.5) is 0 Å². The third-order valence-corrected chi connectivity index (χ3v) is 8.35. The first-order valence-corrected chi connectivity index (χ1v) is 18.7. The molecule has 0 aliphatic rings. The molecule has 0 aliphatic heterocycles. The Labute approximate surface area is 268 Å². The molecule has 0 saturated carbocycles. The van der Waals surface area contributed by atoms with Gasteiger partial charge in [0.1, 0.15) is 0 Å². The van der Waals surface area contributed by atoms with Gasteiger partial charge in [0.05, 0.1) is 18.8 Å². The van der Waals surface area contributed by atoms with E-state index in [0.29, 0.717) is 6.42 Å². The monoisotopic (exact) mass is 604 g/mol. The molecule has 0 saturated heterocycles. The molecule has 0 aliphatic carbocycles. The van der Waals surface area contributed by atoms with Crippen LogP contribution in [0.2, 0.25) is 0 Å². The lowest BCUT2D eigenvalue weighted by molar-refractivity contribution is -0.123. The van der Waals surface area contributed by atoms with Crippen molar-refractivity contribution < 1.29 is 15.0 Å². The van der Waals surface area contributed by atoms with Crippen molar-refractivity contribution in [1.82, 2.24) is 5.32 Å². The van der Waals surface area contributed by atoms with Crippen LogP contribution in [0, 0.1) is 0 Å².